The number of methoxy groups -OCH3 is 1. The molecule has 0 amide bonds. The van der Waals surface area contributed by atoms with E-state index in [1.807, 2.05) is 41.0 Å². The van der Waals surface area contributed by atoms with Gasteiger partial charge >= 0.3 is 0 Å². The van der Waals surface area contributed by atoms with Crippen LogP contribution in [0.1, 0.15) is 0 Å². The second kappa shape index (κ2) is 5.21. The Morgan fingerprint density at radius 2 is 2.09 bits per heavy atom. The van der Waals surface area contributed by atoms with Gasteiger partial charge in [-0.25, -0.2) is 4.98 Å². The van der Waals surface area contributed by atoms with Crippen molar-refractivity contribution in [1.29, 1.82) is 5.26 Å². The molecule has 1 aliphatic rings. The molecule has 6 heteroatoms. The van der Waals surface area contributed by atoms with Crippen molar-refractivity contribution in [1.82, 2.24) is 9.55 Å². The number of ether oxygens (including phenoxy) is 3. The maximum atomic E-state index is 9.18. The van der Waals surface area contributed by atoms with E-state index in [-0.39, 0.29) is 13.3 Å². The molecule has 23 heavy (non-hydrogen) atoms. The first-order valence-electron chi connectivity index (χ1n) is 7.11. The minimum absolute atomic E-state index is 0.197. The van der Waals surface area contributed by atoms with Crippen molar-refractivity contribution in [3.8, 4) is 34.7 Å². The van der Waals surface area contributed by atoms with Crippen LogP contribution in [0, 0.1) is 11.3 Å². The van der Waals surface area contributed by atoms with Crippen LogP contribution in [0.4, 0.5) is 0 Å². The van der Waals surface area contributed by atoms with Crippen LogP contribution in [0.2, 0.25) is 0 Å². The molecule has 4 rings (SSSR count). The quantitative estimate of drug-likeness (QED) is 0.744. The molecule has 0 saturated heterocycles. The number of aromatic nitrogens is 2. The first-order valence-corrected chi connectivity index (χ1v) is 7.11. The number of nitrogens with zero attached hydrogens (tertiary/aromatic N) is 3. The number of fused-ring (bicyclic) bond motifs is 2. The summed E-state index contributed by atoms with van der Waals surface area (Å²) in [5, 5.41) is 9.18. The van der Waals surface area contributed by atoms with E-state index >= 15 is 0 Å². The highest BCUT2D eigenvalue weighted by molar-refractivity contribution is 5.84. The smallest absolute Gasteiger partial charge is 0.231 e. The van der Waals surface area contributed by atoms with Crippen molar-refractivity contribution in [3.63, 3.8) is 0 Å². The Morgan fingerprint density at radius 3 is 2.87 bits per heavy atom. The van der Waals surface area contributed by atoms with Gasteiger partial charge in [-0.1, -0.05) is 12.1 Å². The average Bonchev–Trinajstić information content (AvgIpc) is 3.17. The number of hydrogen-bond donors (Lipinski definition) is 0. The SMILES string of the molecule is COc1cccc(-c2nc3cc4c(cc3n2CC#N)OCO4)c1. The number of imidazole rings is 1. The van der Waals surface area contributed by atoms with Gasteiger partial charge in [-0.3, -0.25) is 0 Å². The molecule has 0 saturated carbocycles. The molecule has 0 fully saturated rings. The first-order chi connectivity index (χ1) is 11.3. The highest BCUT2D eigenvalue weighted by Crippen LogP contribution is 2.37. The molecule has 0 aliphatic carbocycles. The van der Waals surface area contributed by atoms with Crippen LogP contribution in [-0.2, 0) is 6.54 Å². The summed E-state index contributed by atoms with van der Waals surface area (Å²) < 4.78 is 18.0. The van der Waals surface area contributed by atoms with E-state index in [1.165, 1.54) is 0 Å². The third-order valence-electron chi connectivity index (χ3n) is 3.80. The first kappa shape index (κ1) is 13.5. The third kappa shape index (κ3) is 2.14. The van der Waals surface area contributed by atoms with Gasteiger partial charge in [0.15, 0.2) is 11.5 Å². The Morgan fingerprint density at radius 1 is 1.26 bits per heavy atom. The van der Waals surface area contributed by atoms with E-state index in [1.54, 1.807) is 7.11 Å². The fraction of sp³-hybridized carbons (Fsp3) is 0.176. The molecular weight excluding hydrogens is 294 g/mol. The summed E-state index contributed by atoms with van der Waals surface area (Å²) in [5.74, 6) is 2.81. The Hall–Kier alpha value is -3.20. The van der Waals surface area contributed by atoms with Gasteiger partial charge in [0.05, 0.1) is 24.2 Å². The predicted molar refractivity (Wildman–Crippen MR) is 83.5 cm³/mol. The van der Waals surface area contributed by atoms with Crippen molar-refractivity contribution in [2.45, 2.75) is 6.54 Å². The molecule has 0 N–H and O–H groups in total. The van der Waals surface area contributed by atoms with Gasteiger partial charge < -0.3 is 18.8 Å². The van der Waals surface area contributed by atoms with Gasteiger partial charge in [0.2, 0.25) is 6.79 Å². The number of nitriles is 1. The zero-order chi connectivity index (χ0) is 15.8. The van der Waals surface area contributed by atoms with E-state index in [4.69, 9.17) is 14.2 Å². The van der Waals surface area contributed by atoms with Crippen LogP contribution >= 0.6 is 0 Å². The lowest BCUT2D eigenvalue weighted by molar-refractivity contribution is 0.174. The standard InChI is InChI=1S/C17H13N3O3/c1-21-12-4-2-3-11(7-12)17-19-13-8-15-16(23-10-22-15)9-14(13)20(17)6-5-18/h2-4,7-9H,6,10H2,1H3. The van der Waals surface area contributed by atoms with Crippen molar-refractivity contribution >= 4 is 11.0 Å². The molecule has 0 atom stereocenters. The maximum absolute atomic E-state index is 9.18. The summed E-state index contributed by atoms with van der Waals surface area (Å²) in [6, 6.07) is 13.5. The molecule has 2 aromatic carbocycles. The Bertz CT molecular complexity index is 940. The highest BCUT2D eigenvalue weighted by atomic mass is 16.7. The van der Waals surface area contributed by atoms with E-state index in [2.05, 4.69) is 11.1 Å². The number of hydrogen-bond acceptors (Lipinski definition) is 5. The summed E-state index contributed by atoms with van der Waals surface area (Å²) in [6.45, 7) is 0.408. The van der Waals surface area contributed by atoms with Crippen molar-refractivity contribution in [2.75, 3.05) is 13.9 Å². The van der Waals surface area contributed by atoms with Gasteiger partial charge in [-0.05, 0) is 12.1 Å². The lowest BCUT2D eigenvalue weighted by atomic mass is 10.2. The normalized spacial score (nSPS) is 12.3. The molecule has 2 heterocycles. The zero-order valence-electron chi connectivity index (χ0n) is 12.4. The molecule has 0 bridgehead atoms. The van der Waals surface area contributed by atoms with Crippen LogP contribution < -0.4 is 14.2 Å². The van der Waals surface area contributed by atoms with Gasteiger partial charge in [0.1, 0.15) is 18.1 Å². The van der Waals surface area contributed by atoms with E-state index in [9.17, 15) is 5.26 Å². The summed E-state index contributed by atoms with van der Waals surface area (Å²) >= 11 is 0. The monoisotopic (exact) mass is 307 g/mol. The molecule has 0 unspecified atom stereocenters. The summed E-state index contributed by atoms with van der Waals surface area (Å²) in [6.07, 6.45) is 0. The Balaban J connectivity index is 1.95. The van der Waals surface area contributed by atoms with Crippen LogP contribution in [0.25, 0.3) is 22.4 Å². The minimum Gasteiger partial charge on any atom is -0.497 e. The molecular formula is C17H13N3O3. The van der Waals surface area contributed by atoms with Crippen molar-refractivity contribution < 1.29 is 14.2 Å². The lowest BCUT2D eigenvalue weighted by Gasteiger charge is -2.06. The van der Waals surface area contributed by atoms with Crippen LogP contribution in [0.15, 0.2) is 36.4 Å². The molecule has 6 nitrogen and oxygen atoms in total. The molecule has 0 radical (unpaired) electrons. The molecule has 114 valence electrons. The lowest BCUT2D eigenvalue weighted by Crippen LogP contribution is -1.99. The van der Waals surface area contributed by atoms with E-state index < -0.39 is 0 Å². The zero-order valence-corrected chi connectivity index (χ0v) is 12.4. The molecule has 0 spiro atoms. The highest BCUT2D eigenvalue weighted by Gasteiger charge is 2.20. The Kier molecular flexibility index (Phi) is 3.05. The average molecular weight is 307 g/mol. The van der Waals surface area contributed by atoms with E-state index in [0.29, 0.717) is 17.3 Å². The Labute approximate surface area is 132 Å². The summed E-state index contributed by atoms with van der Waals surface area (Å²) in [5.41, 5.74) is 2.49. The second-order valence-corrected chi connectivity index (χ2v) is 5.11. The molecule has 1 aromatic heterocycles. The topological polar surface area (TPSA) is 69.3 Å². The largest absolute Gasteiger partial charge is 0.497 e. The fourth-order valence-electron chi connectivity index (χ4n) is 2.73. The van der Waals surface area contributed by atoms with Gasteiger partial charge in [0.25, 0.3) is 0 Å². The van der Waals surface area contributed by atoms with Gasteiger partial charge in [0, 0.05) is 17.7 Å². The number of benzene rings is 2. The van der Waals surface area contributed by atoms with Crippen LogP contribution in [0.3, 0.4) is 0 Å². The van der Waals surface area contributed by atoms with Gasteiger partial charge in [-0.15, -0.1) is 0 Å². The van der Waals surface area contributed by atoms with Crippen molar-refractivity contribution in [3.05, 3.63) is 36.4 Å². The van der Waals surface area contributed by atoms with Gasteiger partial charge in [-0.2, -0.15) is 5.26 Å². The summed E-state index contributed by atoms with van der Waals surface area (Å²) in [7, 11) is 1.62. The maximum Gasteiger partial charge on any atom is 0.231 e. The van der Waals surface area contributed by atoms with E-state index in [0.717, 1.165) is 22.3 Å². The predicted octanol–water partition coefficient (Wildman–Crippen LogP) is 2.96. The molecule has 1 aliphatic heterocycles. The molecule has 3 aromatic rings. The van der Waals surface area contributed by atoms with Crippen LogP contribution in [0.5, 0.6) is 17.2 Å². The van der Waals surface area contributed by atoms with Crippen LogP contribution in [-0.4, -0.2) is 23.5 Å². The fourth-order valence-corrected chi connectivity index (χ4v) is 2.73. The summed E-state index contributed by atoms with van der Waals surface area (Å²) in [4.78, 5) is 4.68. The second-order valence-electron chi connectivity index (χ2n) is 5.11. The third-order valence-corrected chi connectivity index (χ3v) is 3.80. The number of rotatable bonds is 3. The van der Waals surface area contributed by atoms with Crippen molar-refractivity contribution in [2.24, 2.45) is 0 Å². The minimum atomic E-state index is 0.197.